The third-order valence-electron chi connectivity index (χ3n) is 3.42. The average Bonchev–Trinajstić information content (AvgIpc) is 2.83. The number of benzene rings is 1. The van der Waals surface area contributed by atoms with Gasteiger partial charge in [-0.25, -0.2) is 0 Å². The largest absolute Gasteiger partial charge is 0.321 e. The van der Waals surface area contributed by atoms with Crippen LogP contribution in [0.3, 0.4) is 0 Å². The van der Waals surface area contributed by atoms with Gasteiger partial charge in [0.05, 0.1) is 6.04 Å². The molecule has 2 N–H and O–H groups in total. The molecule has 1 aromatic rings. The molecule has 1 aromatic carbocycles. The molecule has 0 spiro atoms. The number of ketones is 1. The fourth-order valence-corrected chi connectivity index (χ4v) is 2.48. The van der Waals surface area contributed by atoms with E-state index in [1.165, 1.54) is 12.8 Å². The van der Waals surface area contributed by atoms with Gasteiger partial charge in [0.15, 0.2) is 5.78 Å². The number of Topliss-reactive ketones (excluding diaryl/α,β-unsaturated/α-hetero) is 1. The molecule has 0 aromatic heterocycles. The van der Waals surface area contributed by atoms with E-state index in [9.17, 15) is 4.79 Å². The summed E-state index contributed by atoms with van der Waals surface area (Å²) in [4.78, 5) is 12.0. The van der Waals surface area contributed by atoms with E-state index < -0.39 is 0 Å². The van der Waals surface area contributed by atoms with Gasteiger partial charge >= 0.3 is 0 Å². The summed E-state index contributed by atoms with van der Waals surface area (Å²) in [5.41, 5.74) is 7.13. The van der Waals surface area contributed by atoms with E-state index in [1.807, 2.05) is 30.3 Å². The van der Waals surface area contributed by atoms with Crippen LogP contribution < -0.4 is 5.73 Å². The molecule has 0 aliphatic heterocycles. The summed E-state index contributed by atoms with van der Waals surface area (Å²) in [5, 5.41) is 0. The maximum absolute atomic E-state index is 12.0. The van der Waals surface area contributed by atoms with Crippen LogP contribution in [0.2, 0.25) is 0 Å². The summed E-state index contributed by atoms with van der Waals surface area (Å²) in [6.07, 6.45) is 5.14. The first-order valence-corrected chi connectivity index (χ1v) is 6.10. The smallest absolute Gasteiger partial charge is 0.152 e. The van der Waals surface area contributed by atoms with Gasteiger partial charge in [0.1, 0.15) is 0 Å². The van der Waals surface area contributed by atoms with Gasteiger partial charge < -0.3 is 5.73 Å². The second kappa shape index (κ2) is 5.26. The molecule has 0 radical (unpaired) electrons. The lowest BCUT2D eigenvalue weighted by Crippen LogP contribution is -2.36. The molecule has 86 valence electrons. The van der Waals surface area contributed by atoms with E-state index in [2.05, 4.69) is 0 Å². The van der Waals surface area contributed by atoms with Crippen molar-refractivity contribution in [1.29, 1.82) is 0 Å². The van der Waals surface area contributed by atoms with Gasteiger partial charge in [0.25, 0.3) is 0 Å². The number of carbonyl (C=O) groups excluding carboxylic acids is 1. The van der Waals surface area contributed by atoms with Crippen LogP contribution >= 0.6 is 0 Å². The van der Waals surface area contributed by atoms with Crippen molar-refractivity contribution in [2.24, 2.45) is 11.7 Å². The van der Waals surface area contributed by atoms with Crippen molar-refractivity contribution in [2.75, 3.05) is 0 Å². The van der Waals surface area contributed by atoms with Gasteiger partial charge in [-0.05, 0) is 24.8 Å². The molecule has 0 amide bonds. The molecule has 2 rings (SSSR count). The lowest BCUT2D eigenvalue weighted by molar-refractivity contribution is -0.123. The number of rotatable bonds is 4. The number of carbonyl (C=O) groups is 1. The Bertz CT molecular complexity index is 341. The molecule has 2 nitrogen and oxygen atoms in total. The lowest BCUT2D eigenvalue weighted by atomic mass is 9.93. The zero-order valence-corrected chi connectivity index (χ0v) is 9.56. The predicted molar refractivity (Wildman–Crippen MR) is 65.1 cm³/mol. The SMILES string of the molecule is N[C@@H](Cc1ccccc1)C(=O)C1CCCC1. The normalized spacial score (nSPS) is 18.6. The summed E-state index contributed by atoms with van der Waals surface area (Å²) in [5.74, 6) is 0.500. The van der Waals surface area contributed by atoms with E-state index in [0.29, 0.717) is 6.42 Å². The zero-order chi connectivity index (χ0) is 11.4. The first kappa shape index (κ1) is 11.3. The van der Waals surface area contributed by atoms with Crippen molar-refractivity contribution in [3.05, 3.63) is 35.9 Å². The fourth-order valence-electron chi connectivity index (χ4n) is 2.48. The van der Waals surface area contributed by atoms with E-state index >= 15 is 0 Å². The molecule has 2 heteroatoms. The maximum atomic E-state index is 12.0. The van der Waals surface area contributed by atoms with Crippen LogP contribution in [0.5, 0.6) is 0 Å². The number of hydrogen-bond acceptors (Lipinski definition) is 2. The molecule has 1 saturated carbocycles. The minimum Gasteiger partial charge on any atom is -0.321 e. The van der Waals surface area contributed by atoms with Crippen molar-refractivity contribution in [1.82, 2.24) is 0 Å². The minimum atomic E-state index is -0.314. The van der Waals surface area contributed by atoms with Crippen molar-refractivity contribution < 1.29 is 4.79 Å². The topological polar surface area (TPSA) is 43.1 Å². The van der Waals surface area contributed by atoms with Crippen LogP contribution in [-0.4, -0.2) is 11.8 Å². The van der Waals surface area contributed by atoms with Gasteiger partial charge in [-0.2, -0.15) is 0 Å². The third kappa shape index (κ3) is 2.70. The maximum Gasteiger partial charge on any atom is 0.152 e. The van der Waals surface area contributed by atoms with Crippen LogP contribution in [0.25, 0.3) is 0 Å². The van der Waals surface area contributed by atoms with Crippen LogP contribution in [-0.2, 0) is 11.2 Å². The van der Waals surface area contributed by atoms with Gasteiger partial charge in [0, 0.05) is 5.92 Å². The zero-order valence-electron chi connectivity index (χ0n) is 9.56. The molecular weight excluding hydrogens is 198 g/mol. The summed E-state index contributed by atoms with van der Waals surface area (Å²) in [6.45, 7) is 0. The number of nitrogens with two attached hydrogens (primary N) is 1. The minimum absolute atomic E-state index is 0.235. The highest BCUT2D eigenvalue weighted by Gasteiger charge is 2.26. The van der Waals surface area contributed by atoms with Crippen molar-refractivity contribution in [3.63, 3.8) is 0 Å². The van der Waals surface area contributed by atoms with E-state index in [-0.39, 0.29) is 17.7 Å². The highest BCUT2D eigenvalue weighted by atomic mass is 16.1. The third-order valence-corrected chi connectivity index (χ3v) is 3.42. The summed E-state index contributed by atoms with van der Waals surface area (Å²) >= 11 is 0. The molecule has 16 heavy (non-hydrogen) atoms. The second-order valence-corrected chi connectivity index (χ2v) is 4.68. The van der Waals surface area contributed by atoms with E-state index in [0.717, 1.165) is 18.4 Å². The molecule has 1 atom stereocenters. The van der Waals surface area contributed by atoms with Gasteiger partial charge in [-0.1, -0.05) is 43.2 Å². The second-order valence-electron chi connectivity index (χ2n) is 4.68. The Labute approximate surface area is 96.8 Å². The van der Waals surface area contributed by atoms with Crippen molar-refractivity contribution in [2.45, 2.75) is 38.1 Å². The molecule has 0 heterocycles. The first-order valence-electron chi connectivity index (χ1n) is 6.10. The quantitative estimate of drug-likeness (QED) is 0.841. The van der Waals surface area contributed by atoms with Gasteiger partial charge in [0.2, 0.25) is 0 Å². The lowest BCUT2D eigenvalue weighted by Gasteiger charge is -2.15. The molecule has 0 unspecified atom stereocenters. The molecular formula is C14H19NO. The summed E-state index contributed by atoms with van der Waals surface area (Å²) in [7, 11) is 0. The predicted octanol–water partition coefficient (Wildman–Crippen LogP) is 2.32. The van der Waals surface area contributed by atoms with Gasteiger partial charge in [-0.15, -0.1) is 0 Å². The van der Waals surface area contributed by atoms with Crippen LogP contribution in [0.4, 0.5) is 0 Å². The standard InChI is InChI=1S/C14H19NO/c15-13(10-11-6-2-1-3-7-11)14(16)12-8-4-5-9-12/h1-3,6-7,12-13H,4-5,8-10,15H2/t13-/m0/s1. The average molecular weight is 217 g/mol. The first-order chi connectivity index (χ1) is 7.77. The highest BCUT2D eigenvalue weighted by molar-refractivity contribution is 5.86. The molecule has 1 aliphatic rings. The molecule has 0 bridgehead atoms. The van der Waals surface area contributed by atoms with Crippen molar-refractivity contribution >= 4 is 5.78 Å². The Kier molecular flexibility index (Phi) is 3.73. The summed E-state index contributed by atoms with van der Waals surface area (Å²) < 4.78 is 0. The Morgan fingerprint density at radius 3 is 2.50 bits per heavy atom. The monoisotopic (exact) mass is 217 g/mol. The Morgan fingerprint density at radius 2 is 1.88 bits per heavy atom. The van der Waals surface area contributed by atoms with Crippen LogP contribution in [0.1, 0.15) is 31.2 Å². The number of hydrogen-bond donors (Lipinski definition) is 1. The Morgan fingerprint density at radius 1 is 1.25 bits per heavy atom. The summed E-state index contributed by atoms with van der Waals surface area (Å²) in [6, 6.07) is 9.70. The molecule has 1 fully saturated rings. The Hall–Kier alpha value is -1.15. The Balaban J connectivity index is 1.92. The van der Waals surface area contributed by atoms with Crippen LogP contribution in [0.15, 0.2) is 30.3 Å². The van der Waals surface area contributed by atoms with Crippen LogP contribution in [0, 0.1) is 5.92 Å². The van der Waals surface area contributed by atoms with Crippen molar-refractivity contribution in [3.8, 4) is 0 Å². The van der Waals surface area contributed by atoms with Gasteiger partial charge in [-0.3, -0.25) is 4.79 Å². The fraction of sp³-hybridized carbons (Fsp3) is 0.500. The molecule has 0 saturated heterocycles. The van der Waals surface area contributed by atoms with E-state index in [1.54, 1.807) is 0 Å². The highest BCUT2D eigenvalue weighted by Crippen LogP contribution is 2.26. The van der Waals surface area contributed by atoms with E-state index in [4.69, 9.17) is 5.73 Å². The molecule has 1 aliphatic carbocycles.